The number of rotatable bonds is 5. The van der Waals surface area contributed by atoms with E-state index in [4.69, 9.17) is 0 Å². The molecule has 1 aromatic carbocycles. The van der Waals surface area contributed by atoms with Crippen LogP contribution in [0.15, 0.2) is 42.5 Å². The minimum Gasteiger partial charge on any atom is -0.310 e. The monoisotopic (exact) mass is 215 g/mol. The highest BCUT2D eigenvalue weighted by molar-refractivity contribution is 5.17. The minimum atomic E-state index is 0.464. The Balaban J connectivity index is 1.71. The van der Waals surface area contributed by atoms with E-state index < -0.39 is 0 Å². The van der Waals surface area contributed by atoms with E-state index in [9.17, 15) is 0 Å². The van der Waals surface area contributed by atoms with Gasteiger partial charge in [-0.05, 0) is 44.2 Å². The molecule has 0 aliphatic heterocycles. The third-order valence-corrected chi connectivity index (χ3v) is 3.38. The van der Waals surface area contributed by atoms with Gasteiger partial charge in [0.25, 0.3) is 0 Å². The average molecular weight is 215 g/mol. The molecule has 1 aliphatic carbocycles. The SMILES string of the molecule is C[C@@H](NCC[C@H]1C=CCC1)c1ccccc1. The molecule has 0 saturated heterocycles. The smallest absolute Gasteiger partial charge is 0.0291 e. The van der Waals surface area contributed by atoms with Crippen molar-refractivity contribution in [2.24, 2.45) is 5.92 Å². The molecular formula is C15H21N. The van der Waals surface area contributed by atoms with Gasteiger partial charge in [0.15, 0.2) is 0 Å². The van der Waals surface area contributed by atoms with Gasteiger partial charge in [-0.2, -0.15) is 0 Å². The Hall–Kier alpha value is -1.08. The highest BCUT2D eigenvalue weighted by atomic mass is 14.9. The van der Waals surface area contributed by atoms with Crippen LogP contribution in [0.2, 0.25) is 0 Å². The Morgan fingerprint density at radius 1 is 1.31 bits per heavy atom. The minimum absolute atomic E-state index is 0.464. The lowest BCUT2D eigenvalue weighted by molar-refractivity contribution is 0.497. The third kappa shape index (κ3) is 3.21. The summed E-state index contributed by atoms with van der Waals surface area (Å²) in [7, 11) is 0. The van der Waals surface area contributed by atoms with Crippen LogP contribution in [0.5, 0.6) is 0 Å². The first-order chi connectivity index (χ1) is 7.86. The molecule has 0 bridgehead atoms. The Morgan fingerprint density at radius 2 is 2.12 bits per heavy atom. The Bertz CT molecular complexity index is 329. The molecule has 0 radical (unpaired) electrons. The van der Waals surface area contributed by atoms with Gasteiger partial charge in [-0.15, -0.1) is 0 Å². The molecule has 2 rings (SSSR count). The fourth-order valence-electron chi connectivity index (χ4n) is 2.28. The van der Waals surface area contributed by atoms with Crippen molar-refractivity contribution in [3.63, 3.8) is 0 Å². The Morgan fingerprint density at radius 3 is 2.81 bits per heavy atom. The summed E-state index contributed by atoms with van der Waals surface area (Å²) in [4.78, 5) is 0. The van der Waals surface area contributed by atoms with E-state index in [1.807, 2.05) is 0 Å². The van der Waals surface area contributed by atoms with Crippen molar-refractivity contribution < 1.29 is 0 Å². The number of benzene rings is 1. The second-order valence-electron chi connectivity index (χ2n) is 4.64. The van der Waals surface area contributed by atoms with Gasteiger partial charge in [0.2, 0.25) is 0 Å². The van der Waals surface area contributed by atoms with Crippen LogP contribution < -0.4 is 5.32 Å². The van der Waals surface area contributed by atoms with Gasteiger partial charge in [0.05, 0.1) is 0 Å². The maximum atomic E-state index is 3.59. The van der Waals surface area contributed by atoms with Crippen molar-refractivity contribution in [1.29, 1.82) is 0 Å². The van der Waals surface area contributed by atoms with Gasteiger partial charge in [0, 0.05) is 6.04 Å². The van der Waals surface area contributed by atoms with Gasteiger partial charge in [-0.1, -0.05) is 42.5 Å². The van der Waals surface area contributed by atoms with Gasteiger partial charge < -0.3 is 5.32 Å². The molecule has 0 fully saturated rings. The van der Waals surface area contributed by atoms with E-state index in [1.54, 1.807) is 0 Å². The van der Waals surface area contributed by atoms with Crippen molar-refractivity contribution in [2.75, 3.05) is 6.54 Å². The topological polar surface area (TPSA) is 12.0 Å². The second-order valence-corrected chi connectivity index (χ2v) is 4.64. The summed E-state index contributed by atoms with van der Waals surface area (Å²) in [6, 6.07) is 11.1. The lowest BCUT2D eigenvalue weighted by atomic mass is 10.0. The molecular weight excluding hydrogens is 194 g/mol. The molecule has 16 heavy (non-hydrogen) atoms. The van der Waals surface area contributed by atoms with Crippen LogP contribution in [0.1, 0.15) is 37.8 Å². The van der Waals surface area contributed by atoms with Crippen molar-refractivity contribution in [3.8, 4) is 0 Å². The molecule has 0 spiro atoms. The van der Waals surface area contributed by atoms with Crippen LogP contribution in [0.4, 0.5) is 0 Å². The van der Waals surface area contributed by atoms with Gasteiger partial charge in [-0.3, -0.25) is 0 Å². The highest BCUT2D eigenvalue weighted by Gasteiger charge is 2.09. The molecule has 0 saturated carbocycles. The quantitative estimate of drug-likeness (QED) is 0.739. The summed E-state index contributed by atoms with van der Waals surface area (Å²) in [6.45, 7) is 3.35. The van der Waals surface area contributed by atoms with Crippen molar-refractivity contribution in [2.45, 2.75) is 32.2 Å². The number of allylic oxidation sites excluding steroid dienone is 2. The normalized spacial score (nSPS) is 21.2. The lowest BCUT2D eigenvalue weighted by Crippen LogP contribution is -2.21. The molecule has 0 unspecified atom stereocenters. The molecule has 1 heteroatoms. The van der Waals surface area contributed by atoms with Crippen LogP contribution in [0.3, 0.4) is 0 Å². The van der Waals surface area contributed by atoms with Crippen molar-refractivity contribution in [3.05, 3.63) is 48.0 Å². The molecule has 0 amide bonds. The van der Waals surface area contributed by atoms with Crippen LogP contribution in [-0.2, 0) is 0 Å². The first-order valence-corrected chi connectivity index (χ1v) is 6.31. The molecule has 86 valence electrons. The molecule has 1 aromatic rings. The summed E-state index contributed by atoms with van der Waals surface area (Å²) < 4.78 is 0. The molecule has 1 nitrogen and oxygen atoms in total. The molecule has 1 aliphatic rings. The molecule has 2 atom stereocenters. The summed E-state index contributed by atoms with van der Waals surface area (Å²) in [5.74, 6) is 0.815. The fourth-order valence-corrected chi connectivity index (χ4v) is 2.28. The van der Waals surface area contributed by atoms with E-state index in [-0.39, 0.29) is 0 Å². The van der Waals surface area contributed by atoms with Crippen LogP contribution in [0.25, 0.3) is 0 Å². The maximum absolute atomic E-state index is 3.59. The van der Waals surface area contributed by atoms with Gasteiger partial charge in [-0.25, -0.2) is 0 Å². The standard InChI is InChI=1S/C15H21N/c1-13(15-9-3-2-4-10-15)16-12-11-14-7-5-6-8-14/h2-5,7,9-10,13-14,16H,6,8,11-12H2,1H3/t13-,14+/m1/s1. The number of hydrogen-bond acceptors (Lipinski definition) is 1. The van der Waals surface area contributed by atoms with E-state index in [1.165, 1.54) is 24.8 Å². The van der Waals surface area contributed by atoms with E-state index >= 15 is 0 Å². The zero-order chi connectivity index (χ0) is 11.2. The first kappa shape index (κ1) is 11.4. The molecule has 0 heterocycles. The fraction of sp³-hybridized carbons (Fsp3) is 0.467. The second kappa shape index (κ2) is 5.86. The Labute approximate surface area is 98.6 Å². The van der Waals surface area contributed by atoms with Crippen LogP contribution in [-0.4, -0.2) is 6.54 Å². The first-order valence-electron chi connectivity index (χ1n) is 6.31. The zero-order valence-electron chi connectivity index (χ0n) is 10.0. The van der Waals surface area contributed by atoms with E-state index in [0.717, 1.165) is 12.5 Å². The van der Waals surface area contributed by atoms with Crippen LogP contribution in [0, 0.1) is 5.92 Å². The average Bonchev–Trinajstić information content (AvgIpc) is 2.83. The summed E-state index contributed by atoms with van der Waals surface area (Å²) in [5.41, 5.74) is 1.38. The predicted molar refractivity (Wildman–Crippen MR) is 69.3 cm³/mol. The van der Waals surface area contributed by atoms with E-state index in [2.05, 4.69) is 54.7 Å². The largest absolute Gasteiger partial charge is 0.310 e. The van der Waals surface area contributed by atoms with E-state index in [0.29, 0.717) is 6.04 Å². The van der Waals surface area contributed by atoms with Crippen LogP contribution >= 0.6 is 0 Å². The third-order valence-electron chi connectivity index (χ3n) is 3.38. The zero-order valence-corrected chi connectivity index (χ0v) is 10.0. The van der Waals surface area contributed by atoms with Gasteiger partial charge >= 0.3 is 0 Å². The molecule has 0 aromatic heterocycles. The number of hydrogen-bond donors (Lipinski definition) is 1. The van der Waals surface area contributed by atoms with Crippen molar-refractivity contribution in [1.82, 2.24) is 5.32 Å². The highest BCUT2D eigenvalue weighted by Crippen LogP contribution is 2.20. The summed E-state index contributed by atoms with van der Waals surface area (Å²) in [6.07, 6.45) is 8.58. The van der Waals surface area contributed by atoms with Gasteiger partial charge in [0.1, 0.15) is 0 Å². The lowest BCUT2D eigenvalue weighted by Gasteiger charge is -2.15. The Kier molecular flexibility index (Phi) is 4.17. The number of nitrogens with one attached hydrogen (secondary N) is 1. The summed E-state index contributed by atoms with van der Waals surface area (Å²) in [5, 5.41) is 3.59. The maximum Gasteiger partial charge on any atom is 0.0291 e. The predicted octanol–water partition coefficient (Wildman–Crippen LogP) is 3.69. The molecule has 1 N–H and O–H groups in total. The van der Waals surface area contributed by atoms with Crippen molar-refractivity contribution >= 4 is 0 Å². The summed E-state index contributed by atoms with van der Waals surface area (Å²) >= 11 is 0.